The van der Waals surface area contributed by atoms with Crippen molar-refractivity contribution >= 4 is 17.2 Å². The molecule has 3 nitrogen and oxygen atoms in total. The quantitative estimate of drug-likeness (QED) is 0.745. The molecule has 0 aliphatic heterocycles. The molecule has 1 N–H and O–H groups in total. The van der Waals surface area contributed by atoms with Gasteiger partial charge < -0.3 is 5.32 Å². The molecule has 0 aliphatic rings. The maximum atomic E-state index is 11.5. The molecule has 1 aromatic heterocycles. The van der Waals surface area contributed by atoms with Crippen molar-refractivity contribution in [2.24, 2.45) is 0 Å². The lowest BCUT2D eigenvalue weighted by Crippen LogP contribution is -2.24. The van der Waals surface area contributed by atoms with Gasteiger partial charge in [-0.15, -0.1) is 11.3 Å². The summed E-state index contributed by atoms with van der Waals surface area (Å²) < 4.78 is 0. The van der Waals surface area contributed by atoms with Gasteiger partial charge in [0.05, 0.1) is 5.01 Å². The third-order valence-corrected chi connectivity index (χ3v) is 3.36. The second-order valence-corrected chi connectivity index (χ2v) is 4.88. The van der Waals surface area contributed by atoms with Crippen LogP contribution >= 0.6 is 11.3 Å². The van der Waals surface area contributed by atoms with Gasteiger partial charge in [-0.2, -0.15) is 0 Å². The summed E-state index contributed by atoms with van der Waals surface area (Å²) in [5.41, 5.74) is 1.04. The van der Waals surface area contributed by atoms with Crippen LogP contribution < -0.4 is 5.32 Å². The van der Waals surface area contributed by atoms with Crippen LogP contribution in [0, 0.1) is 6.92 Å². The van der Waals surface area contributed by atoms with Crippen LogP contribution in [0.4, 0.5) is 0 Å². The van der Waals surface area contributed by atoms with Crippen LogP contribution in [0.5, 0.6) is 0 Å². The number of carbonyl (C=O) groups excluding carboxylic acids is 1. The normalized spacial score (nSPS) is 10.4. The van der Waals surface area contributed by atoms with Gasteiger partial charge in [-0.3, -0.25) is 4.79 Å². The van der Waals surface area contributed by atoms with E-state index < -0.39 is 0 Å². The molecule has 0 atom stereocenters. The lowest BCUT2D eigenvalue weighted by molar-refractivity contribution is -0.121. The van der Waals surface area contributed by atoms with Gasteiger partial charge in [0.25, 0.3) is 0 Å². The Balaban J connectivity index is 2.10. The Morgan fingerprint density at radius 3 is 2.94 bits per heavy atom. The highest BCUT2D eigenvalue weighted by Gasteiger charge is 2.03. The predicted octanol–water partition coefficient (Wildman–Crippen LogP) is 2.69. The molecule has 4 heteroatoms. The van der Waals surface area contributed by atoms with E-state index in [1.807, 2.05) is 12.3 Å². The van der Waals surface area contributed by atoms with Gasteiger partial charge in [-0.25, -0.2) is 4.98 Å². The van der Waals surface area contributed by atoms with Gasteiger partial charge >= 0.3 is 0 Å². The first-order chi connectivity index (χ1) is 7.72. The first kappa shape index (κ1) is 13.2. The van der Waals surface area contributed by atoms with Crippen LogP contribution in [0.2, 0.25) is 0 Å². The summed E-state index contributed by atoms with van der Waals surface area (Å²) in [5.74, 6) is 0.143. The van der Waals surface area contributed by atoms with E-state index in [1.54, 1.807) is 11.3 Å². The minimum atomic E-state index is 0.143. The van der Waals surface area contributed by atoms with E-state index in [2.05, 4.69) is 17.2 Å². The van der Waals surface area contributed by atoms with E-state index in [4.69, 9.17) is 0 Å². The summed E-state index contributed by atoms with van der Waals surface area (Å²) in [6.45, 7) is 4.95. The maximum absolute atomic E-state index is 11.5. The summed E-state index contributed by atoms with van der Waals surface area (Å²) >= 11 is 1.63. The molecular weight excluding hydrogens is 220 g/mol. The third kappa shape index (κ3) is 5.26. The smallest absolute Gasteiger partial charge is 0.220 e. The van der Waals surface area contributed by atoms with Crippen molar-refractivity contribution in [3.8, 4) is 0 Å². The summed E-state index contributed by atoms with van der Waals surface area (Å²) in [6, 6.07) is 0. The minimum absolute atomic E-state index is 0.143. The number of hydrogen-bond donors (Lipinski definition) is 1. The lowest BCUT2D eigenvalue weighted by Gasteiger charge is -2.03. The second-order valence-electron chi connectivity index (χ2n) is 3.94. The van der Waals surface area contributed by atoms with Crippen molar-refractivity contribution < 1.29 is 4.79 Å². The lowest BCUT2D eigenvalue weighted by atomic mass is 10.2. The molecule has 1 aromatic rings. The molecule has 90 valence electrons. The van der Waals surface area contributed by atoms with Crippen LogP contribution in [-0.4, -0.2) is 17.4 Å². The molecule has 0 saturated heterocycles. The van der Waals surface area contributed by atoms with Crippen molar-refractivity contribution in [2.45, 2.75) is 46.0 Å². The van der Waals surface area contributed by atoms with Gasteiger partial charge in [-0.1, -0.05) is 19.8 Å². The highest BCUT2D eigenvalue weighted by molar-refractivity contribution is 7.09. The number of nitrogens with zero attached hydrogens (tertiary/aromatic N) is 1. The standard InChI is InChI=1S/C12H20N2OS/c1-3-4-5-8-13-11(15)6-7-12-14-10(2)9-16-12/h9H,3-8H2,1-2H3,(H,13,15). The molecule has 1 rings (SSSR count). The summed E-state index contributed by atoms with van der Waals surface area (Å²) in [6.07, 6.45) is 4.77. The molecule has 16 heavy (non-hydrogen) atoms. The zero-order valence-corrected chi connectivity index (χ0v) is 10.9. The van der Waals surface area contributed by atoms with E-state index >= 15 is 0 Å². The zero-order valence-electron chi connectivity index (χ0n) is 10.1. The largest absolute Gasteiger partial charge is 0.356 e. The number of hydrogen-bond acceptors (Lipinski definition) is 3. The van der Waals surface area contributed by atoms with Crippen LogP contribution in [0.1, 0.15) is 43.3 Å². The first-order valence-corrected chi connectivity index (χ1v) is 6.78. The van der Waals surface area contributed by atoms with Crippen molar-refractivity contribution in [1.82, 2.24) is 10.3 Å². The summed E-state index contributed by atoms with van der Waals surface area (Å²) in [4.78, 5) is 15.8. The SMILES string of the molecule is CCCCCNC(=O)CCc1nc(C)cs1. The molecule has 1 amide bonds. The van der Waals surface area contributed by atoms with E-state index in [1.165, 1.54) is 12.8 Å². The van der Waals surface area contributed by atoms with Gasteiger partial charge in [0.15, 0.2) is 0 Å². The van der Waals surface area contributed by atoms with E-state index in [9.17, 15) is 4.79 Å². The topological polar surface area (TPSA) is 42.0 Å². The van der Waals surface area contributed by atoms with E-state index in [-0.39, 0.29) is 5.91 Å². The molecule has 0 aromatic carbocycles. The number of aromatic nitrogens is 1. The third-order valence-electron chi connectivity index (χ3n) is 2.33. The fourth-order valence-electron chi connectivity index (χ4n) is 1.43. The molecule has 0 aliphatic carbocycles. The number of rotatable bonds is 7. The van der Waals surface area contributed by atoms with Gasteiger partial charge in [0.2, 0.25) is 5.91 Å². The fraction of sp³-hybridized carbons (Fsp3) is 0.667. The zero-order chi connectivity index (χ0) is 11.8. The molecule has 0 radical (unpaired) electrons. The number of carbonyl (C=O) groups is 1. The summed E-state index contributed by atoms with van der Waals surface area (Å²) in [7, 11) is 0. The Bertz CT molecular complexity index is 323. The Hall–Kier alpha value is -0.900. The Morgan fingerprint density at radius 1 is 1.50 bits per heavy atom. The highest BCUT2D eigenvalue weighted by Crippen LogP contribution is 2.10. The predicted molar refractivity (Wildman–Crippen MR) is 67.7 cm³/mol. The average molecular weight is 240 g/mol. The maximum Gasteiger partial charge on any atom is 0.220 e. The van der Waals surface area contributed by atoms with Crippen molar-refractivity contribution in [1.29, 1.82) is 0 Å². The minimum Gasteiger partial charge on any atom is -0.356 e. The molecule has 0 unspecified atom stereocenters. The molecular formula is C12H20N2OS. The molecule has 0 fully saturated rings. The fourth-order valence-corrected chi connectivity index (χ4v) is 2.21. The van der Waals surface area contributed by atoms with Gasteiger partial charge in [-0.05, 0) is 13.3 Å². The molecule has 0 bridgehead atoms. The van der Waals surface area contributed by atoms with Gasteiger partial charge in [0.1, 0.15) is 0 Å². The van der Waals surface area contributed by atoms with Gasteiger partial charge in [0, 0.05) is 30.5 Å². The Kier molecular flexibility index (Phi) is 6.08. The van der Waals surface area contributed by atoms with E-state index in [0.29, 0.717) is 6.42 Å². The first-order valence-electron chi connectivity index (χ1n) is 5.90. The number of aryl methyl sites for hydroxylation is 2. The number of thiazole rings is 1. The molecule has 1 heterocycles. The number of unbranched alkanes of at least 4 members (excludes halogenated alkanes) is 2. The van der Waals surface area contributed by atoms with Crippen LogP contribution in [0.3, 0.4) is 0 Å². The molecule has 0 saturated carbocycles. The number of amides is 1. The van der Waals surface area contributed by atoms with Crippen molar-refractivity contribution in [3.63, 3.8) is 0 Å². The van der Waals surface area contributed by atoms with E-state index in [0.717, 1.165) is 30.1 Å². The summed E-state index contributed by atoms with van der Waals surface area (Å²) in [5, 5.41) is 6.01. The van der Waals surface area contributed by atoms with Crippen LogP contribution in [0.25, 0.3) is 0 Å². The Morgan fingerprint density at radius 2 is 2.31 bits per heavy atom. The Labute approximate surface area is 101 Å². The van der Waals surface area contributed by atoms with Crippen molar-refractivity contribution in [2.75, 3.05) is 6.54 Å². The van der Waals surface area contributed by atoms with Crippen molar-refractivity contribution in [3.05, 3.63) is 16.1 Å². The highest BCUT2D eigenvalue weighted by atomic mass is 32.1. The molecule has 0 spiro atoms. The second kappa shape index (κ2) is 7.39. The monoisotopic (exact) mass is 240 g/mol. The number of nitrogens with one attached hydrogen (secondary N) is 1. The van der Waals surface area contributed by atoms with Crippen LogP contribution in [0.15, 0.2) is 5.38 Å². The average Bonchev–Trinajstić information content (AvgIpc) is 2.68. The van der Waals surface area contributed by atoms with Crippen LogP contribution in [-0.2, 0) is 11.2 Å².